The van der Waals surface area contributed by atoms with Gasteiger partial charge in [-0.05, 0) is 56.3 Å². The summed E-state index contributed by atoms with van der Waals surface area (Å²) in [5.74, 6) is 0.957. The Bertz CT molecular complexity index is 411. The van der Waals surface area contributed by atoms with Crippen molar-refractivity contribution in [2.24, 2.45) is 28.6 Å². The summed E-state index contributed by atoms with van der Waals surface area (Å²) in [5.41, 5.74) is 1.37. The lowest BCUT2D eigenvalue weighted by Gasteiger charge is -2.65. The van der Waals surface area contributed by atoms with Gasteiger partial charge in [-0.25, -0.2) is 0 Å². The predicted octanol–water partition coefficient (Wildman–Crippen LogP) is 3.48. The van der Waals surface area contributed by atoms with Crippen LogP contribution in [0.2, 0.25) is 0 Å². The van der Waals surface area contributed by atoms with E-state index in [-0.39, 0.29) is 0 Å². The maximum absolute atomic E-state index is 11.7. The van der Waals surface area contributed by atoms with Crippen molar-refractivity contribution in [3.63, 3.8) is 0 Å². The fourth-order valence-corrected chi connectivity index (χ4v) is 5.23. The van der Waals surface area contributed by atoms with E-state index in [1.165, 1.54) is 12.0 Å². The maximum Gasteiger partial charge on any atom is 0.309 e. The minimum Gasteiger partial charge on any atom is -0.481 e. The first-order valence-electron chi connectivity index (χ1n) is 6.81. The molecule has 2 saturated carbocycles. The molecule has 0 radical (unpaired) electrons. The summed E-state index contributed by atoms with van der Waals surface area (Å²) in [6.45, 7) is 6.59. The Hall–Kier alpha value is -0.790. The summed E-state index contributed by atoms with van der Waals surface area (Å²) in [5, 5.41) is 9.62. The number of carboxylic acids is 1. The van der Waals surface area contributed by atoms with Crippen LogP contribution in [0.3, 0.4) is 0 Å². The second-order valence-electron chi connectivity index (χ2n) is 6.88. The monoisotopic (exact) mass is 234 g/mol. The number of hydrogen-bond donors (Lipinski definition) is 1. The lowest BCUT2D eigenvalue weighted by molar-refractivity contribution is -0.178. The first-order valence-corrected chi connectivity index (χ1v) is 6.81. The molecule has 17 heavy (non-hydrogen) atoms. The zero-order valence-electron chi connectivity index (χ0n) is 11.0. The van der Waals surface area contributed by atoms with E-state index in [1.54, 1.807) is 0 Å². The van der Waals surface area contributed by atoms with Crippen LogP contribution in [0.25, 0.3) is 0 Å². The topological polar surface area (TPSA) is 37.3 Å². The smallest absolute Gasteiger partial charge is 0.309 e. The molecule has 0 unspecified atom stereocenters. The highest BCUT2D eigenvalue weighted by Gasteiger charge is 2.68. The van der Waals surface area contributed by atoms with Crippen molar-refractivity contribution < 1.29 is 9.90 Å². The van der Waals surface area contributed by atoms with Crippen LogP contribution in [0, 0.1) is 28.6 Å². The number of aliphatic carboxylic acids is 1. The van der Waals surface area contributed by atoms with Crippen LogP contribution in [0.5, 0.6) is 0 Å². The minimum atomic E-state index is -0.573. The molecule has 0 heterocycles. The number of carboxylic acid groups (broad SMARTS) is 1. The fraction of sp³-hybridized carbons (Fsp3) is 0.800. The minimum absolute atomic E-state index is 0.387. The van der Waals surface area contributed by atoms with E-state index in [9.17, 15) is 9.90 Å². The Kier molecular flexibility index (Phi) is 2.10. The van der Waals surface area contributed by atoms with Crippen molar-refractivity contribution in [3.8, 4) is 0 Å². The van der Waals surface area contributed by atoms with Gasteiger partial charge in [0.2, 0.25) is 0 Å². The maximum atomic E-state index is 11.7. The van der Waals surface area contributed by atoms with Gasteiger partial charge in [0.25, 0.3) is 0 Å². The van der Waals surface area contributed by atoms with Crippen LogP contribution < -0.4 is 0 Å². The molecule has 94 valence electrons. The molecule has 0 saturated heterocycles. The molecule has 0 amide bonds. The average Bonchev–Trinajstić information content (AvgIpc) is 2.44. The van der Waals surface area contributed by atoms with Gasteiger partial charge in [-0.1, -0.05) is 25.0 Å². The molecule has 1 N–H and O–H groups in total. The molecule has 4 rings (SSSR count). The molecule has 4 bridgehead atoms. The Morgan fingerprint density at radius 2 is 2.12 bits per heavy atom. The summed E-state index contributed by atoms with van der Waals surface area (Å²) in [6.07, 6.45) is 6.61. The standard InChI is InChI=1S/C15H22O2/c1-9-5-6-10-12-11(9)14(10,2)7-4-8-15(12,3)13(16)17/h5,10-12H,4,6-8H2,1-3H3,(H,16,17)/t10-,11+,12-,14+,15-/m1/s1. The summed E-state index contributed by atoms with van der Waals surface area (Å²) in [7, 11) is 0. The first kappa shape index (κ1) is 11.3. The highest BCUT2D eigenvalue weighted by Crippen LogP contribution is 2.72. The Morgan fingerprint density at radius 1 is 1.41 bits per heavy atom. The van der Waals surface area contributed by atoms with Crippen LogP contribution in [0.4, 0.5) is 0 Å². The van der Waals surface area contributed by atoms with Crippen LogP contribution in [-0.2, 0) is 4.79 Å². The Labute approximate surface area is 103 Å². The zero-order valence-corrected chi connectivity index (χ0v) is 11.0. The lowest BCUT2D eigenvalue weighted by Crippen LogP contribution is -2.62. The van der Waals surface area contributed by atoms with Crippen molar-refractivity contribution in [1.82, 2.24) is 0 Å². The van der Waals surface area contributed by atoms with Gasteiger partial charge in [-0.15, -0.1) is 0 Å². The number of allylic oxidation sites excluding steroid dienone is 2. The van der Waals surface area contributed by atoms with Crippen LogP contribution in [0.1, 0.15) is 46.5 Å². The van der Waals surface area contributed by atoms with Gasteiger partial charge in [0.05, 0.1) is 5.41 Å². The second-order valence-corrected chi connectivity index (χ2v) is 6.88. The number of hydrogen-bond acceptors (Lipinski definition) is 1. The van der Waals surface area contributed by atoms with Gasteiger partial charge >= 0.3 is 5.97 Å². The van der Waals surface area contributed by atoms with Gasteiger partial charge in [-0.3, -0.25) is 4.79 Å². The number of rotatable bonds is 1. The Balaban J connectivity index is 2.07. The summed E-state index contributed by atoms with van der Waals surface area (Å²) >= 11 is 0. The number of carbonyl (C=O) groups is 1. The van der Waals surface area contributed by atoms with E-state index in [0.29, 0.717) is 23.2 Å². The van der Waals surface area contributed by atoms with E-state index in [2.05, 4.69) is 19.9 Å². The predicted molar refractivity (Wildman–Crippen MR) is 66.5 cm³/mol. The molecule has 0 aromatic carbocycles. The summed E-state index contributed by atoms with van der Waals surface area (Å²) < 4.78 is 0. The molecule has 0 spiro atoms. The van der Waals surface area contributed by atoms with Gasteiger partial charge in [0, 0.05) is 0 Å². The number of fused-ring (bicyclic) bond motifs is 1. The molecule has 4 aliphatic rings. The molecule has 2 nitrogen and oxygen atoms in total. The van der Waals surface area contributed by atoms with Crippen molar-refractivity contribution in [1.29, 1.82) is 0 Å². The molecule has 0 aromatic rings. The zero-order chi connectivity index (χ0) is 12.4. The van der Waals surface area contributed by atoms with Crippen molar-refractivity contribution in [2.45, 2.75) is 46.5 Å². The van der Waals surface area contributed by atoms with E-state index in [4.69, 9.17) is 0 Å². The van der Waals surface area contributed by atoms with Crippen LogP contribution in [0.15, 0.2) is 11.6 Å². The third-order valence-corrected chi connectivity index (χ3v) is 6.17. The highest BCUT2D eigenvalue weighted by atomic mass is 16.4. The SMILES string of the molecule is CC1=CC[C@@H]2[C@@H]3[C@H]1[C@@]2(C)CCC[C@@]3(C)C(=O)O. The molecule has 5 atom stereocenters. The van der Waals surface area contributed by atoms with E-state index < -0.39 is 11.4 Å². The Morgan fingerprint density at radius 3 is 2.71 bits per heavy atom. The van der Waals surface area contributed by atoms with Crippen molar-refractivity contribution in [2.75, 3.05) is 0 Å². The lowest BCUT2D eigenvalue weighted by atomic mass is 9.38. The third-order valence-electron chi connectivity index (χ3n) is 6.17. The molecular weight excluding hydrogens is 212 g/mol. The van der Waals surface area contributed by atoms with Gasteiger partial charge in [0.1, 0.15) is 0 Å². The van der Waals surface area contributed by atoms with E-state index >= 15 is 0 Å². The van der Waals surface area contributed by atoms with Crippen molar-refractivity contribution >= 4 is 5.97 Å². The molecule has 0 aliphatic heterocycles. The summed E-state index contributed by atoms with van der Waals surface area (Å²) in [6, 6.07) is 0. The third kappa shape index (κ3) is 1.14. The highest BCUT2D eigenvalue weighted by molar-refractivity contribution is 5.75. The van der Waals surface area contributed by atoms with Crippen molar-refractivity contribution in [3.05, 3.63) is 11.6 Å². The molecule has 4 aliphatic carbocycles. The first-order chi connectivity index (χ1) is 7.91. The van der Waals surface area contributed by atoms with Crippen LogP contribution >= 0.6 is 0 Å². The molecule has 2 fully saturated rings. The van der Waals surface area contributed by atoms with Crippen LogP contribution in [-0.4, -0.2) is 11.1 Å². The summed E-state index contributed by atoms with van der Waals surface area (Å²) in [4.78, 5) is 11.7. The van der Waals surface area contributed by atoms with Gasteiger partial charge in [0.15, 0.2) is 0 Å². The van der Waals surface area contributed by atoms with E-state index in [1.807, 2.05) is 6.92 Å². The van der Waals surface area contributed by atoms with Gasteiger partial charge < -0.3 is 5.11 Å². The quantitative estimate of drug-likeness (QED) is 0.705. The second kappa shape index (κ2) is 3.15. The molecular formula is C15H22O2. The average molecular weight is 234 g/mol. The van der Waals surface area contributed by atoms with Gasteiger partial charge in [-0.2, -0.15) is 0 Å². The van der Waals surface area contributed by atoms with E-state index in [0.717, 1.165) is 19.3 Å². The molecule has 2 heteroatoms. The fourth-order valence-electron chi connectivity index (χ4n) is 5.23. The largest absolute Gasteiger partial charge is 0.481 e. The normalized spacial score (nSPS) is 52.2. The molecule has 0 aromatic heterocycles.